The number of halogens is 1. The van der Waals surface area contributed by atoms with E-state index < -0.39 is 5.60 Å². The molecule has 8 heteroatoms. The minimum absolute atomic E-state index is 0.120. The summed E-state index contributed by atoms with van der Waals surface area (Å²) in [6.45, 7) is 8.65. The van der Waals surface area contributed by atoms with Gasteiger partial charge in [-0.15, -0.1) is 6.58 Å². The highest BCUT2D eigenvalue weighted by molar-refractivity contribution is 6.25. The average Bonchev–Trinajstić information content (AvgIpc) is 3.38. The molecule has 3 aliphatic rings. The third-order valence-corrected chi connectivity index (χ3v) is 6.43. The van der Waals surface area contributed by atoms with E-state index in [4.69, 9.17) is 16.3 Å². The molecule has 5 rings (SSSR count). The number of aliphatic imine (C=N–C) groups is 1. The van der Waals surface area contributed by atoms with Crippen LogP contribution in [0.15, 0.2) is 65.9 Å². The van der Waals surface area contributed by atoms with E-state index in [1.165, 1.54) is 5.54 Å². The Hall–Kier alpha value is -3.19. The van der Waals surface area contributed by atoms with E-state index in [-0.39, 0.29) is 24.1 Å². The maximum Gasteiger partial charge on any atom is 0.358 e. The van der Waals surface area contributed by atoms with Crippen molar-refractivity contribution in [2.45, 2.75) is 50.4 Å². The zero-order valence-corrected chi connectivity index (χ0v) is 19.6. The third-order valence-electron chi connectivity index (χ3n) is 6.29. The number of hydrogen-bond acceptors (Lipinski definition) is 7. The number of esters is 1. The highest BCUT2D eigenvalue weighted by atomic mass is 35.5. The predicted molar refractivity (Wildman–Crippen MR) is 131 cm³/mol. The number of pyridine rings is 2. The summed E-state index contributed by atoms with van der Waals surface area (Å²) >= 11 is 5.39. The SMILES string of the molecule is C=CC1NC=NC1/C=C/Cl.Cc1ccc(N2CCC3(CC2C)OC(=O)c2ncccc23)nc1. The quantitative estimate of drug-likeness (QED) is 0.542. The predicted octanol–water partition coefficient (Wildman–Crippen LogP) is 4.13. The molecule has 1 fully saturated rings. The van der Waals surface area contributed by atoms with Crippen molar-refractivity contribution in [1.29, 1.82) is 0 Å². The zero-order chi connectivity index (χ0) is 23.4. The van der Waals surface area contributed by atoms with Crippen molar-refractivity contribution in [1.82, 2.24) is 15.3 Å². The summed E-state index contributed by atoms with van der Waals surface area (Å²) in [5, 5.41) is 3.02. The molecule has 4 atom stereocenters. The van der Waals surface area contributed by atoms with Gasteiger partial charge in [0.05, 0.1) is 18.4 Å². The summed E-state index contributed by atoms with van der Waals surface area (Å²) in [6.07, 6.45) is 10.4. The Morgan fingerprint density at radius 3 is 2.88 bits per heavy atom. The van der Waals surface area contributed by atoms with E-state index in [1.54, 1.807) is 12.5 Å². The summed E-state index contributed by atoms with van der Waals surface area (Å²) in [4.78, 5) is 27.2. The number of ether oxygens (including phenoxy) is 1. The Labute approximate surface area is 199 Å². The van der Waals surface area contributed by atoms with Gasteiger partial charge in [0.1, 0.15) is 11.4 Å². The number of hydrogen-bond donors (Lipinski definition) is 1. The number of nitrogens with zero attached hydrogens (tertiary/aromatic N) is 4. The lowest BCUT2D eigenvalue weighted by Gasteiger charge is -2.43. The molecule has 172 valence electrons. The van der Waals surface area contributed by atoms with Crippen LogP contribution in [0.4, 0.5) is 5.82 Å². The van der Waals surface area contributed by atoms with E-state index in [9.17, 15) is 4.79 Å². The molecule has 3 aliphatic heterocycles. The van der Waals surface area contributed by atoms with Gasteiger partial charge in [0.25, 0.3) is 0 Å². The average molecular weight is 466 g/mol. The van der Waals surface area contributed by atoms with Crippen LogP contribution in [-0.2, 0) is 10.3 Å². The van der Waals surface area contributed by atoms with Gasteiger partial charge in [-0.3, -0.25) is 4.99 Å². The lowest BCUT2D eigenvalue weighted by atomic mass is 9.81. The van der Waals surface area contributed by atoms with Gasteiger partial charge in [0.15, 0.2) is 5.69 Å². The van der Waals surface area contributed by atoms with Gasteiger partial charge in [-0.05, 0) is 37.6 Å². The summed E-state index contributed by atoms with van der Waals surface area (Å²) in [5.41, 5.74) is 3.52. The molecule has 2 aromatic heterocycles. The molecular formula is C25H28ClN5O2. The number of aryl methyl sites for hydroxylation is 1. The van der Waals surface area contributed by atoms with Gasteiger partial charge in [-0.2, -0.15) is 0 Å². The van der Waals surface area contributed by atoms with Crippen molar-refractivity contribution in [2.75, 3.05) is 11.4 Å². The lowest BCUT2D eigenvalue weighted by Crippen LogP contribution is -2.48. The Morgan fingerprint density at radius 1 is 1.33 bits per heavy atom. The van der Waals surface area contributed by atoms with Crippen LogP contribution in [0.1, 0.15) is 41.4 Å². The van der Waals surface area contributed by atoms with E-state index in [0.717, 1.165) is 36.3 Å². The van der Waals surface area contributed by atoms with Crippen molar-refractivity contribution in [3.63, 3.8) is 0 Å². The second-order valence-electron chi connectivity index (χ2n) is 8.49. The number of fused-ring (bicyclic) bond motifs is 2. The second kappa shape index (κ2) is 9.75. The molecule has 2 aromatic rings. The minimum Gasteiger partial charge on any atom is -0.449 e. The first-order chi connectivity index (χ1) is 16.0. The van der Waals surface area contributed by atoms with Gasteiger partial charge in [-0.25, -0.2) is 14.8 Å². The number of anilines is 1. The molecule has 0 radical (unpaired) electrons. The number of piperidine rings is 1. The van der Waals surface area contributed by atoms with Gasteiger partial charge < -0.3 is 15.0 Å². The van der Waals surface area contributed by atoms with Crippen LogP contribution in [-0.4, -0.2) is 46.9 Å². The van der Waals surface area contributed by atoms with Crippen LogP contribution >= 0.6 is 11.6 Å². The summed E-state index contributed by atoms with van der Waals surface area (Å²) in [6, 6.07) is 8.54. The maximum atomic E-state index is 12.1. The fourth-order valence-electron chi connectivity index (χ4n) is 4.59. The van der Waals surface area contributed by atoms with Crippen LogP contribution in [0.2, 0.25) is 0 Å². The molecule has 1 N–H and O–H groups in total. The molecular weight excluding hydrogens is 438 g/mol. The number of carbonyl (C=O) groups excluding carboxylic acids is 1. The van der Waals surface area contributed by atoms with Crippen molar-refractivity contribution in [3.8, 4) is 0 Å². The number of aromatic nitrogens is 2. The van der Waals surface area contributed by atoms with Gasteiger partial charge in [0, 0.05) is 48.9 Å². The first-order valence-electron chi connectivity index (χ1n) is 11.0. The van der Waals surface area contributed by atoms with Gasteiger partial charge >= 0.3 is 5.97 Å². The molecule has 4 unspecified atom stereocenters. The van der Waals surface area contributed by atoms with Gasteiger partial charge in [-0.1, -0.05) is 29.8 Å². The molecule has 0 aromatic carbocycles. The monoisotopic (exact) mass is 465 g/mol. The molecule has 0 saturated carbocycles. The molecule has 1 saturated heterocycles. The Bertz CT molecular complexity index is 1070. The Morgan fingerprint density at radius 2 is 2.18 bits per heavy atom. The first-order valence-corrected chi connectivity index (χ1v) is 11.5. The van der Waals surface area contributed by atoms with E-state index >= 15 is 0 Å². The maximum absolute atomic E-state index is 12.1. The number of nitrogens with one attached hydrogen (secondary N) is 1. The Balaban J connectivity index is 0.000000219. The highest BCUT2D eigenvalue weighted by Crippen LogP contribution is 2.45. The van der Waals surface area contributed by atoms with E-state index in [2.05, 4.69) is 50.8 Å². The Kier molecular flexibility index (Phi) is 6.79. The summed E-state index contributed by atoms with van der Waals surface area (Å²) < 4.78 is 5.79. The minimum atomic E-state index is -0.526. The molecule has 1 spiro atoms. The summed E-state index contributed by atoms with van der Waals surface area (Å²) in [5.74, 6) is 0.684. The number of carbonyl (C=O) groups is 1. The molecule has 0 aliphatic carbocycles. The van der Waals surface area contributed by atoms with Crippen molar-refractivity contribution in [3.05, 3.63) is 77.7 Å². The van der Waals surface area contributed by atoms with Gasteiger partial charge in [0.2, 0.25) is 0 Å². The number of rotatable bonds is 3. The van der Waals surface area contributed by atoms with Crippen molar-refractivity contribution >= 4 is 29.7 Å². The fourth-order valence-corrected chi connectivity index (χ4v) is 4.74. The van der Waals surface area contributed by atoms with Crippen molar-refractivity contribution < 1.29 is 9.53 Å². The normalized spacial score (nSPS) is 27.7. The van der Waals surface area contributed by atoms with Crippen LogP contribution in [0, 0.1) is 6.92 Å². The molecule has 0 amide bonds. The fraction of sp³-hybridized carbons (Fsp3) is 0.360. The topological polar surface area (TPSA) is 79.7 Å². The van der Waals surface area contributed by atoms with E-state index in [1.807, 2.05) is 37.4 Å². The third kappa shape index (κ3) is 4.64. The smallest absolute Gasteiger partial charge is 0.358 e. The van der Waals surface area contributed by atoms with Crippen molar-refractivity contribution in [2.24, 2.45) is 4.99 Å². The highest BCUT2D eigenvalue weighted by Gasteiger charge is 2.50. The molecule has 0 bridgehead atoms. The summed E-state index contributed by atoms with van der Waals surface area (Å²) in [7, 11) is 0. The molecule has 33 heavy (non-hydrogen) atoms. The van der Waals surface area contributed by atoms with Crippen LogP contribution < -0.4 is 10.2 Å². The molecule has 7 nitrogen and oxygen atoms in total. The largest absolute Gasteiger partial charge is 0.449 e. The lowest BCUT2D eigenvalue weighted by molar-refractivity contribution is -0.0270. The van der Waals surface area contributed by atoms with E-state index in [0.29, 0.717) is 5.69 Å². The standard InChI is InChI=1S/C18H19N3O2.C7H9ClN2/c1-12-5-6-15(20-11-12)21-9-7-18(10-13(21)2)14-4-3-8-19-16(14)17(22)23-18;1-2-6-7(3-4-8)10-5-9-6/h3-6,8,11,13H,7,9-10H2,1-2H3;2-7H,1H2,(H,9,10)/b;4-3+. The van der Waals surface area contributed by atoms with Crippen LogP contribution in [0.25, 0.3) is 0 Å². The van der Waals surface area contributed by atoms with Crippen LogP contribution in [0.3, 0.4) is 0 Å². The first kappa shape index (κ1) is 23.0. The second-order valence-corrected chi connectivity index (χ2v) is 8.74. The van der Waals surface area contributed by atoms with Crippen LogP contribution in [0.5, 0.6) is 0 Å². The molecule has 5 heterocycles. The zero-order valence-electron chi connectivity index (χ0n) is 18.8.